The number of carbonyl (C=O) groups excluding carboxylic acids is 1. The van der Waals surface area contributed by atoms with Crippen LogP contribution in [-0.4, -0.2) is 17.4 Å². The van der Waals surface area contributed by atoms with Crippen molar-refractivity contribution in [2.45, 2.75) is 19.4 Å². The number of aryl methyl sites for hydroxylation is 1. The molecular weight excluding hydrogens is 256 g/mol. The van der Waals surface area contributed by atoms with Crippen molar-refractivity contribution >= 4 is 22.9 Å². The first-order valence-electron chi connectivity index (χ1n) is 6.45. The first-order chi connectivity index (χ1) is 9.25. The predicted octanol–water partition coefficient (Wildman–Crippen LogP) is 2.92. The number of hydrogen-bond donors (Lipinski definition) is 1. The van der Waals surface area contributed by atoms with E-state index < -0.39 is 0 Å². The molecule has 0 radical (unpaired) electrons. The first-order valence-corrected chi connectivity index (χ1v) is 7.32. The Morgan fingerprint density at radius 2 is 2.00 bits per heavy atom. The van der Waals surface area contributed by atoms with Crippen molar-refractivity contribution in [1.82, 2.24) is 4.90 Å². The number of anilines is 1. The molecule has 0 fully saturated rings. The maximum atomic E-state index is 12.5. The molecule has 2 aromatic rings. The van der Waals surface area contributed by atoms with Crippen LogP contribution in [0.3, 0.4) is 0 Å². The second-order valence-corrected chi connectivity index (χ2v) is 5.72. The summed E-state index contributed by atoms with van der Waals surface area (Å²) in [5.74, 6) is 0.0594. The Bertz CT molecular complexity index is 606. The van der Waals surface area contributed by atoms with Gasteiger partial charge < -0.3 is 10.6 Å². The van der Waals surface area contributed by atoms with Crippen LogP contribution in [-0.2, 0) is 13.0 Å². The smallest absolute Gasteiger partial charge is 0.266 e. The first kappa shape index (κ1) is 12.2. The zero-order valence-corrected chi connectivity index (χ0v) is 11.5. The molecule has 2 heterocycles. The summed E-state index contributed by atoms with van der Waals surface area (Å²) in [5, 5.41) is 1.87. The summed E-state index contributed by atoms with van der Waals surface area (Å²) in [5.41, 5.74) is 9.05. The van der Waals surface area contributed by atoms with Gasteiger partial charge in [0, 0.05) is 13.1 Å². The molecule has 98 valence electrons. The number of nitrogen functional groups attached to an aromatic ring is 1. The fraction of sp³-hybridized carbons (Fsp3) is 0.267. The zero-order valence-electron chi connectivity index (χ0n) is 10.6. The Hall–Kier alpha value is -1.81. The van der Waals surface area contributed by atoms with E-state index >= 15 is 0 Å². The average molecular weight is 272 g/mol. The van der Waals surface area contributed by atoms with E-state index in [1.165, 1.54) is 22.5 Å². The number of nitrogens with zero attached hydrogens (tertiary/aromatic N) is 1. The van der Waals surface area contributed by atoms with E-state index in [1.54, 1.807) is 6.07 Å². The molecule has 0 saturated carbocycles. The lowest BCUT2D eigenvalue weighted by molar-refractivity contribution is 0.0752. The molecule has 1 aromatic heterocycles. The lowest BCUT2D eigenvalue weighted by Crippen LogP contribution is -2.30. The van der Waals surface area contributed by atoms with Crippen LogP contribution in [0.1, 0.15) is 27.2 Å². The van der Waals surface area contributed by atoms with Gasteiger partial charge in [0.25, 0.3) is 5.91 Å². The van der Waals surface area contributed by atoms with Crippen LogP contribution in [0.25, 0.3) is 0 Å². The summed E-state index contributed by atoms with van der Waals surface area (Å²) in [6, 6.07) is 10.2. The van der Waals surface area contributed by atoms with Gasteiger partial charge in [0.05, 0.1) is 5.69 Å². The van der Waals surface area contributed by atoms with Gasteiger partial charge in [0.2, 0.25) is 0 Å². The second kappa shape index (κ2) is 5.05. The van der Waals surface area contributed by atoms with Gasteiger partial charge in [-0.1, -0.05) is 24.3 Å². The van der Waals surface area contributed by atoms with Crippen molar-refractivity contribution in [1.29, 1.82) is 0 Å². The maximum absolute atomic E-state index is 12.5. The Morgan fingerprint density at radius 1 is 1.21 bits per heavy atom. The van der Waals surface area contributed by atoms with Crippen molar-refractivity contribution in [3.63, 3.8) is 0 Å². The lowest BCUT2D eigenvalue weighted by atomic mass is 10.0. The van der Waals surface area contributed by atoms with Crippen molar-refractivity contribution < 1.29 is 4.79 Å². The third-order valence-electron chi connectivity index (χ3n) is 3.53. The third kappa shape index (κ3) is 2.36. The fourth-order valence-corrected chi connectivity index (χ4v) is 3.30. The number of thiophene rings is 1. The molecule has 0 aliphatic carbocycles. The minimum atomic E-state index is 0.0594. The van der Waals surface area contributed by atoms with Crippen LogP contribution >= 0.6 is 11.3 Å². The van der Waals surface area contributed by atoms with Crippen LogP contribution in [0.4, 0.5) is 5.69 Å². The van der Waals surface area contributed by atoms with Gasteiger partial charge >= 0.3 is 0 Å². The Balaban J connectivity index is 1.87. The van der Waals surface area contributed by atoms with Gasteiger partial charge in [-0.25, -0.2) is 0 Å². The summed E-state index contributed by atoms with van der Waals surface area (Å²) in [6.07, 6.45) is 2.05. The molecule has 0 atom stereocenters. The van der Waals surface area contributed by atoms with E-state index in [1.807, 2.05) is 16.3 Å². The van der Waals surface area contributed by atoms with E-state index in [4.69, 9.17) is 5.73 Å². The number of benzene rings is 1. The molecule has 3 rings (SSSR count). The third-order valence-corrected chi connectivity index (χ3v) is 4.45. The molecule has 1 aliphatic rings. The van der Waals surface area contributed by atoms with E-state index in [0.29, 0.717) is 17.1 Å². The molecular formula is C15H16N2OS. The van der Waals surface area contributed by atoms with Crippen molar-refractivity contribution in [3.05, 3.63) is 51.7 Å². The number of rotatable bonds is 1. The molecule has 1 amide bonds. The van der Waals surface area contributed by atoms with E-state index in [2.05, 4.69) is 18.2 Å². The van der Waals surface area contributed by atoms with Gasteiger partial charge in [0.1, 0.15) is 4.88 Å². The summed E-state index contributed by atoms with van der Waals surface area (Å²) in [7, 11) is 0. The van der Waals surface area contributed by atoms with E-state index in [0.717, 1.165) is 19.4 Å². The predicted molar refractivity (Wildman–Crippen MR) is 78.2 cm³/mol. The minimum Gasteiger partial charge on any atom is -0.397 e. The Kier molecular flexibility index (Phi) is 3.25. The standard InChI is InChI=1S/C15H16N2OS/c16-13-7-9-19-14(13)15(18)17-8-3-6-11-4-1-2-5-12(11)10-17/h1-2,4-5,7,9H,3,6,8,10,16H2. The zero-order chi connectivity index (χ0) is 13.2. The van der Waals surface area contributed by atoms with Gasteiger partial charge in [-0.05, 0) is 35.4 Å². The highest BCUT2D eigenvalue weighted by Gasteiger charge is 2.22. The Labute approximate surface area is 116 Å². The molecule has 0 unspecified atom stereocenters. The number of amides is 1. The number of carbonyl (C=O) groups is 1. The molecule has 0 bridgehead atoms. The van der Waals surface area contributed by atoms with Crippen LogP contribution in [0.5, 0.6) is 0 Å². The molecule has 4 heteroatoms. The van der Waals surface area contributed by atoms with Crippen LogP contribution in [0.2, 0.25) is 0 Å². The van der Waals surface area contributed by atoms with Crippen LogP contribution in [0.15, 0.2) is 35.7 Å². The maximum Gasteiger partial charge on any atom is 0.266 e. The van der Waals surface area contributed by atoms with Gasteiger partial charge in [-0.2, -0.15) is 0 Å². The van der Waals surface area contributed by atoms with Crippen molar-refractivity contribution in [3.8, 4) is 0 Å². The highest BCUT2D eigenvalue weighted by molar-refractivity contribution is 7.12. The second-order valence-electron chi connectivity index (χ2n) is 4.80. The molecule has 19 heavy (non-hydrogen) atoms. The topological polar surface area (TPSA) is 46.3 Å². The fourth-order valence-electron chi connectivity index (χ4n) is 2.51. The molecule has 2 N–H and O–H groups in total. The number of hydrogen-bond acceptors (Lipinski definition) is 3. The van der Waals surface area contributed by atoms with Gasteiger partial charge in [-0.15, -0.1) is 11.3 Å². The van der Waals surface area contributed by atoms with Crippen LogP contribution in [0, 0.1) is 0 Å². The summed E-state index contributed by atoms with van der Waals surface area (Å²) in [6.45, 7) is 1.48. The normalized spacial score (nSPS) is 14.8. The minimum absolute atomic E-state index is 0.0594. The molecule has 3 nitrogen and oxygen atoms in total. The SMILES string of the molecule is Nc1ccsc1C(=O)N1CCCc2ccccc2C1. The van der Waals surface area contributed by atoms with Crippen LogP contribution < -0.4 is 5.73 Å². The monoisotopic (exact) mass is 272 g/mol. The van der Waals surface area contributed by atoms with E-state index in [-0.39, 0.29) is 5.91 Å². The molecule has 0 spiro atoms. The number of nitrogens with two attached hydrogens (primary N) is 1. The summed E-state index contributed by atoms with van der Waals surface area (Å²) in [4.78, 5) is 15.1. The van der Waals surface area contributed by atoms with Crippen molar-refractivity contribution in [2.24, 2.45) is 0 Å². The van der Waals surface area contributed by atoms with E-state index in [9.17, 15) is 4.79 Å². The Morgan fingerprint density at radius 3 is 2.74 bits per heavy atom. The van der Waals surface area contributed by atoms with Crippen molar-refractivity contribution in [2.75, 3.05) is 12.3 Å². The quantitative estimate of drug-likeness (QED) is 0.867. The average Bonchev–Trinajstić information content (AvgIpc) is 2.73. The molecule has 1 aliphatic heterocycles. The molecule has 0 saturated heterocycles. The highest BCUT2D eigenvalue weighted by Crippen LogP contribution is 2.24. The van der Waals surface area contributed by atoms with Gasteiger partial charge in [0.15, 0.2) is 0 Å². The molecule has 1 aromatic carbocycles. The number of fused-ring (bicyclic) bond motifs is 1. The summed E-state index contributed by atoms with van der Waals surface area (Å²) < 4.78 is 0. The lowest BCUT2D eigenvalue weighted by Gasteiger charge is -2.20. The van der Waals surface area contributed by atoms with Gasteiger partial charge in [-0.3, -0.25) is 4.79 Å². The summed E-state index contributed by atoms with van der Waals surface area (Å²) >= 11 is 1.42. The highest BCUT2D eigenvalue weighted by atomic mass is 32.1. The largest absolute Gasteiger partial charge is 0.397 e.